The summed E-state index contributed by atoms with van der Waals surface area (Å²) < 4.78 is 1.05. The summed E-state index contributed by atoms with van der Waals surface area (Å²) in [6, 6.07) is 6.02. The molecule has 1 aromatic carbocycles. The summed E-state index contributed by atoms with van der Waals surface area (Å²) in [6.07, 6.45) is 0. The number of aromatic nitrogens is 1. The molecule has 0 aliphatic heterocycles. The maximum atomic E-state index is 6.06. The summed E-state index contributed by atoms with van der Waals surface area (Å²) in [5, 5.41) is 1.88. The molecule has 0 saturated heterocycles. The molecule has 0 fully saturated rings. The fraction of sp³-hybridized carbons (Fsp3) is 0.111. The van der Waals surface area contributed by atoms with E-state index in [0.29, 0.717) is 0 Å². The van der Waals surface area contributed by atoms with Crippen molar-refractivity contribution in [2.45, 2.75) is 6.92 Å². The minimum atomic E-state index is 0.811. The number of aryl methyl sites for hydroxylation is 1. The van der Waals surface area contributed by atoms with Crippen molar-refractivity contribution in [2.24, 2.45) is 0 Å². The summed E-state index contributed by atoms with van der Waals surface area (Å²) >= 11 is 9.46. The van der Waals surface area contributed by atoms with Crippen molar-refractivity contribution in [1.29, 1.82) is 0 Å². The average Bonchev–Trinajstić information content (AvgIpc) is 2.31. The minimum Gasteiger partial charge on any atom is -0.357 e. The predicted octanol–water partition coefficient (Wildman–Crippen LogP) is 3.89. The Morgan fingerprint density at radius 1 is 1.42 bits per heavy atom. The van der Waals surface area contributed by atoms with Crippen LogP contribution in [0.4, 0.5) is 0 Å². The predicted molar refractivity (Wildman–Crippen MR) is 55.7 cm³/mol. The van der Waals surface area contributed by atoms with Crippen molar-refractivity contribution in [3.8, 4) is 0 Å². The number of hydrogen-bond donors (Lipinski definition) is 1. The summed E-state index contributed by atoms with van der Waals surface area (Å²) in [7, 11) is 0. The first kappa shape index (κ1) is 8.14. The van der Waals surface area contributed by atoms with Crippen LogP contribution in [-0.2, 0) is 0 Å². The number of benzene rings is 1. The maximum Gasteiger partial charge on any atom is 0.0689 e. The van der Waals surface area contributed by atoms with E-state index in [1.54, 1.807) is 0 Å². The van der Waals surface area contributed by atoms with Crippen molar-refractivity contribution >= 4 is 38.4 Å². The first-order chi connectivity index (χ1) is 5.68. The van der Waals surface area contributed by atoms with Gasteiger partial charge in [0.2, 0.25) is 0 Å². The second-order valence-corrected chi connectivity index (χ2v) is 4.05. The van der Waals surface area contributed by atoms with E-state index in [2.05, 4.69) is 20.9 Å². The van der Waals surface area contributed by atoms with Crippen LogP contribution in [0.5, 0.6) is 0 Å². The van der Waals surface area contributed by atoms with E-state index in [9.17, 15) is 0 Å². The fourth-order valence-electron chi connectivity index (χ4n) is 1.27. The van der Waals surface area contributed by atoms with Crippen LogP contribution in [0, 0.1) is 6.92 Å². The molecule has 1 heterocycles. The van der Waals surface area contributed by atoms with Gasteiger partial charge >= 0.3 is 0 Å². The summed E-state index contributed by atoms with van der Waals surface area (Å²) in [5.41, 5.74) is 2.10. The van der Waals surface area contributed by atoms with Crippen molar-refractivity contribution in [3.05, 3.63) is 33.4 Å². The van der Waals surface area contributed by atoms with Gasteiger partial charge in [0.25, 0.3) is 0 Å². The normalized spacial score (nSPS) is 10.9. The molecule has 0 atom stereocenters. The molecule has 1 nitrogen and oxygen atoms in total. The Morgan fingerprint density at radius 2 is 2.17 bits per heavy atom. The van der Waals surface area contributed by atoms with Gasteiger partial charge in [-0.2, -0.15) is 0 Å². The van der Waals surface area contributed by atoms with Crippen molar-refractivity contribution in [1.82, 2.24) is 4.98 Å². The van der Waals surface area contributed by atoms with Crippen molar-refractivity contribution in [3.63, 3.8) is 0 Å². The monoisotopic (exact) mass is 243 g/mol. The zero-order chi connectivity index (χ0) is 8.72. The lowest BCUT2D eigenvalue weighted by atomic mass is 10.2. The van der Waals surface area contributed by atoms with E-state index in [1.807, 2.05) is 25.1 Å². The summed E-state index contributed by atoms with van der Waals surface area (Å²) in [4.78, 5) is 3.20. The van der Waals surface area contributed by atoms with Crippen molar-refractivity contribution in [2.75, 3.05) is 0 Å². The molecule has 0 spiro atoms. The standard InChI is InChI=1S/C9H7BrClN/c1-5-9(11)7-4-6(10)2-3-8(7)12-5/h2-4,12H,1H3. The van der Waals surface area contributed by atoms with Gasteiger partial charge in [-0.15, -0.1) is 0 Å². The molecule has 1 aromatic heterocycles. The Balaban J connectivity index is 2.88. The Bertz CT molecular complexity index is 433. The number of H-pyrrole nitrogens is 1. The molecule has 12 heavy (non-hydrogen) atoms. The SMILES string of the molecule is Cc1[nH]c2ccc(Br)cc2c1Cl. The van der Waals surface area contributed by atoms with Gasteiger partial charge in [0.1, 0.15) is 0 Å². The molecule has 2 rings (SSSR count). The number of halogens is 2. The highest BCUT2D eigenvalue weighted by molar-refractivity contribution is 9.10. The van der Waals surface area contributed by atoms with Crippen LogP contribution in [0.1, 0.15) is 5.69 Å². The van der Waals surface area contributed by atoms with Crippen LogP contribution in [-0.4, -0.2) is 4.98 Å². The van der Waals surface area contributed by atoms with Crippen LogP contribution in [0.25, 0.3) is 10.9 Å². The smallest absolute Gasteiger partial charge is 0.0689 e. The quantitative estimate of drug-likeness (QED) is 0.724. The molecule has 0 radical (unpaired) electrons. The van der Waals surface area contributed by atoms with Gasteiger partial charge in [-0.3, -0.25) is 0 Å². The van der Waals surface area contributed by atoms with Gasteiger partial charge in [-0.05, 0) is 25.1 Å². The zero-order valence-corrected chi connectivity index (χ0v) is 8.83. The molecule has 1 N–H and O–H groups in total. The van der Waals surface area contributed by atoms with Crippen LogP contribution in [0.3, 0.4) is 0 Å². The Kier molecular flexibility index (Phi) is 1.89. The Morgan fingerprint density at radius 3 is 2.92 bits per heavy atom. The highest BCUT2D eigenvalue weighted by Gasteiger charge is 2.04. The molecule has 0 saturated carbocycles. The number of hydrogen-bond acceptors (Lipinski definition) is 0. The fourth-order valence-corrected chi connectivity index (χ4v) is 1.83. The third kappa shape index (κ3) is 1.15. The van der Waals surface area contributed by atoms with Gasteiger partial charge in [0.15, 0.2) is 0 Å². The minimum absolute atomic E-state index is 0.811. The number of rotatable bonds is 0. The first-order valence-corrected chi connectivity index (χ1v) is 4.79. The second kappa shape index (κ2) is 2.79. The van der Waals surface area contributed by atoms with Gasteiger partial charge in [0, 0.05) is 21.1 Å². The molecular formula is C9H7BrClN. The van der Waals surface area contributed by atoms with E-state index in [-0.39, 0.29) is 0 Å². The Labute approximate surface area is 83.9 Å². The van der Waals surface area contributed by atoms with Crippen LogP contribution >= 0.6 is 27.5 Å². The van der Waals surface area contributed by atoms with Crippen LogP contribution < -0.4 is 0 Å². The molecule has 0 aliphatic carbocycles. The Hall–Kier alpha value is -0.470. The summed E-state index contributed by atoms with van der Waals surface area (Å²) in [6.45, 7) is 1.97. The van der Waals surface area contributed by atoms with E-state index < -0.39 is 0 Å². The molecule has 62 valence electrons. The van der Waals surface area contributed by atoms with Crippen molar-refractivity contribution < 1.29 is 0 Å². The van der Waals surface area contributed by atoms with Crippen LogP contribution in [0.2, 0.25) is 5.02 Å². The molecular weight excluding hydrogens is 237 g/mol. The van der Waals surface area contributed by atoms with Gasteiger partial charge in [-0.25, -0.2) is 0 Å². The van der Waals surface area contributed by atoms with Crippen LogP contribution in [0.15, 0.2) is 22.7 Å². The average molecular weight is 245 g/mol. The zero-order valence-electron chi connectivity index (χ0n) is 6.49. The maximum absolute atomic E-state index is 6.06. The van der Waals surface area contributed by atoms with E-state index in [1.165, 1.54) is 0 Å². The molecule has 3 heteroatoms. The molecule has 2 aromatic rings. The van der Waals surface area contributed by atoms with Gasteiger partial charge in [0.05, 0.1) is 5.02 Å². The lowest BCUT2D eigenvalue weighted by molar-refractivity contribution is 1.30. The van der Waals surface area contributed by atoms with E-state index >= 15 is 0 Å². The molecule has 0 aliphatic rings. The van der Waals surface area contributed by atoms with E-state index in [0.717, 1.165) is 26.1 Å². The highest BCUT2D eigenvalue weighted by atomic mass is 79.9. The van der Waals surface area contributed by atoms with Gasteiger partial charge in [-0.1, -0.05) is 27.5 Å². The third-order valence-electron chi connectivity index (χ3n) is 1.87. The number of fused-ring (bicyclic) bond motifs is 1. The number of aromatic amines is 1. The van der Waals surface area contributed by atoms with E-state index in [4.69, 9.17) is 11.6 Å². The second-order valence-electron chi connectivity index (χ2n) is 2.75. The largest absolute Gasteiger partial charge is 0.357 e. The topological polar surface area (TPSA) is 15.8 Å². The lowest BCUT2D eigenvalue weighted by Crippen LogP contribution is -1.67. The third-order valence-corrected chi connectivity index (χ3v) is 2.85. The molecule has 0 bridgehead atoms. The molecule has 0 amide bonds. The lowest BCUT2D eigenvalue weighted by Gasteiger charge is -1.90. The first-order valence-electron chi connectivity index (χ1n) is 3.62. The van der Waals surface area contributed by atoms with Gasteiger partial charge < -0.3 is 4.98 Å². The highest BCUT2D eigenvalue weighted by Crippen LogP contribution is 2.28. The summed E-state index contributed by atoms with van der Waals surface area (Å²) in [5.74, 6) is 0. The molecule has 0 unspecified atom stereocenters. The number of nitrogens with one attached hydrogen (secondary N) is 1.